The van der Waals surface area contributed by atoms with Crippen molar-refractivity contribution in [3.63, 3.8) is 0 Å². The number of carbonyl (C=O) groups excluding carboxylic acids is 1. The summed E-state index contributed by atoms with van der Waals surface area (Å²) in [4.78, 5) is 21.8. The molecule has 1 amide bonds. The zero-order chi connectivity index (χ0) is 21.1. The smallest absolute Gasteiger partial charge is 0.322 e. The molecule has 5 nitrogen and oxygen atoms in total. The summed E-state index contributed by atoms with van der Waals surface area (Å²) in [6, 6.07) is 5.78. The molecule has 0 atom stereocenters. The van der Waals surface area contributed by atoms with Crippen LogP contribution in [0.25, 0.3) is 6.08 Å². The van der Waals surface area contributed by atoms with Gasteiger partial charge in [0.2, 0.25) is 5.91 Å². The molecular formula is C17H10F6N2O3. The third-order valence-electron chi connectivity index (χ3n) is 3.36. The van der Waals surface area contributed by atoms with E-state index in [0.29, 0.717) is 12.1 Å². The predicted molar refractivity (Wildman–Crippen MR) is 87.2 cm³/mol. The van der Waals surface area contributed by atoms with E-state index in [0.717, 1.165) is 18.2 Å². The van der Waals surface area contributed by atoms with Crippen molar-refractivity contribution in [3.05, 3.63) is 75.3 Å². The Morgan fingerprint density at radius 2 is 1.54 bits per heavy atom. The Morgan fingerprint density at radius 3 is 2.04 bits per heavy atom. The van der Waals surface area contributed by atoms with Gasteiger partial charge in [0.05, 0.1) is 16.1 Å². The molecule has 148 valence electrons. The van der Waals surface area contributed by atoms with Gasteiger partial charge in [0.1, 0.15) is 0 Å². The van der Waals surface area contributed by atoms with E-state index in [1.54, 1.807) is 0 Å². The lowest BCUT2D eigenvalue weighted by Crippen LogP contribution is -2.14. The fourth-order valence-electron chi connectivity index (χ4n) is 2.12. The van der Waals surface area contributed by atoms with Crippen LogP contribution < -0.4 is 5.32 Å². The minimum Gasteiger partial charge on any atom is -0.322 e. The molecule has 2 rings (SSSR count). The standard InChI is InChI=1S/C17H10F6N2O3/c18-16(19,20)11-7-12(17(21,22)23)9-13(8-11)24-15(26)5-4-10-2-1-3-14(6-10)25(27)28/h1-9H,(H,24,26)/b5-4+. The first-order chi connectivity index (χ1) is 12.9. The first-order valence-corrected chi connectivity index (χ1v) is 7.39. The van der Waals surface area contributed by atoms with E-state index >= 15 is 0 Å². The molecule has 0 heterocycles. The Morgan fingerprint density at radius 1 is 0.964 bits per heavy atom. The van der Waals surface area contributed by atoms with Gasteiger partial charge in [-0.15, -0.1) is 0 Å². The van der Waals surface area contributed by atoms with Crippen LogP contribution in [0.2, 0.25) is 0 Å². The molecule has 0 radical (unpaired) electrons. The number of rotatable bonds is 4. The van der Waals surface area contributed by atoms with Crippen LogP contribution in [0, 0.1) is 10.1 Å². The summed E-state index contributed by atoms with van der Waals surface area (Å²) in [6.07, 6.45) is -8.13. The zero-order valence-electron chi connectivity index (χ0n) is 13.6. The lowest BCUT2D eigenvalue weighted by molar-refractivity contribution is -0.384. The number of amides is 1. The summed E-state index contributed by atoms with van der Waals surface area (Å²) in [5.74, 6) is -1.01. The number of non-ortho nitro benzene ring substituents is 1. The van der Waals surface area contributed by atoms with Crippen molar-refractivity contribution in [1.29, 1.82) is 0 Å². The van der Waals surface area contributed by atoms with Crippen LogP contribution >= 0.6 is 0 Å². The van der Waals surface area contributed by atoms with E-state index in [2.05, 4.69) is 0 Å². The maximum absolute atomic E-state index is 12.8. The van der Waals surface area contributed by atoms with Crippen LogP contribution in [0.4, 0.5) is 37.7 Å². The van der Waals surface area contributed by atoms with Crippen LogP contribution in [-0.4, -0.2) is 10.8 Å². The number of nitro groups is 1. The molecule has 0 aromatic heterocycles. The van der Waals surface area contributed by atoms with E-state index in [1.165, 1.54) is 18.2 Å². The van der Waals surface area contributed by atoms with Crippen molar-refractivity contribution in [2.24, 2.45) is 0 Å². The number of nitrogens with zero attached hydrogens (tertiary/aromatic N) is 1. The fourth-order valence-corrected chi connectivity index (χ4v) is 2.12. The van der Waals surface area contributed by atoms with E-state index in [1.807, 2.05) is 5.32 Å². The highest BCUT2D eigenvalue weighted by atomic mass is 19.4. The quantitative estimate of drug-likeness (QED) is 0.326. The Balaban J connectivity index is 2.25. The van der Waals surface area contributed by atoms with E-state index in [4.69, 9.17) is 0 Å². The van der Waals surface area contributed by atoms with Gasteiger partial charge in [-0.25, -0.2) is 0 Å². The van der Waals surface area contributed by atoms with E-state index < -0.39 is 40.0 Å². The first kappa shape index (κ1) is 20.9. The summed E-state index contributed by atoms with van der Waals surface area (Å²) in [5.41, 5.74) is -3.85. The lowest BCUT2D eigenvalue weighted by Gasteiger charge is -2.14. The lowest BCUT2D eigenvalue weighted by atomic mass is 10.1. The van der Waals surface area contributed by atoms with E-state index in [9.17, 15) is 41.3 Å². The largest absolute Gasteiger partial charge is 0.416 e. The normalized spacial score (nSPS) is 12.2. The number of carbonyl (C=O) groups is 1. The number of nitrogens with one attached hydrogen (secondary N) is 1. The minimum absolute atomic E-state index is 0.0609. The third kappa shape index (κ3) is 5.56. The average Bonchev–Trinajstić information content (AvgIpc) is 2.58. The third-order valence-corrected chi connectivity index (χ3v) is 3.36. The Hall–Kier alpha value is -3.37. The van der Waals surface area contributed by atoms with Gasteiger partial charge in [0, 0.05) is 23.9 Å². The summed E-state index contributed by atoms with van der Waals surface area (Å²) in [5, 5.41) is 12.6. The first-order valence-electron chi connectivity index (χ1n) is 7.39. The molecule has 0 saturated carbocycles. The molecule has 0 unspecified atom stereocenters. The van der Waals surface area contributed by atoms with Gasteiger partial charge in [-0.2, -0.15) is 26.3 Å². The summed E-state index contributed by atoms with van der Waals surface area (Å²) >= 11 is 0. The molecule has 0 bridgehead atoms. The van der Waals surface area contributed by atoms with Crippen LogP contribution in [-0.2, 0) is 17.1 Å². The predicted octanol–water partition coefficient (Wildman–Crippen LogP) is 5.28. The second-order valence-electron chi connectivity index (χ2n) is 5.47. The van der Waals surface area contributed by atoms with Gasteiger partial charge >= 0.3 is 12.4 Å². The summed E-state index contributed by atoms with van der Waals surface area (Å²) < 4.78 is 76.8. The molecular weight excluding hydrogens is 394 g/mol. The highest BCUT2D eigenvalue weighted by molar-refractivity contribution is 6.02. The molecule has 11 heteroatoms. The maximum atomic E-state index is 12.8. The maximum Gasteiger partial charge on any atom is 0.416 e. The number of halogens is 6. The molecule has 0 saturated heterocycles. The Bertz CT molecular complexity index is 903. The van der Waals surface area contributed by atoms with Crippen LogP contribution in [0.1, 0.15) is 16.7 Å². The fraction of sp³-hybridized carbons (Fsp3) is 0.118. The van der Waals surface area contributed by atoms with Crippen LogP contribution in [0.3, 0.4) is 0 Å². The number of hydrogen-bond donors (Lipinski definition) is 1. The van der Waals surface area contributed by atoms with Crippen molar-refractivity contribution in [1.82, 2.24) is 0 Å². The van der Waals surface area contributed by atoms with E-state index in [-0.39, 0.29) is 17.3 Å². The number of nitro benzene ring substituents is 1. The van der Waals surface area contributed by atoms with Gasteiger partial charge in [-0.05, 0) is 29.8 Å². The van der Waals surface area contributed by atoms with Gasteiger partial charge in [0.15, 0.2) is 0 Å². The van der Waals surface area contributed by atoms with Crippen molar-refractivity contribution in [3.8, 4) is 0 Å². The molecule has 2 aromatic carbocycles. The molecule has 2 aromatic rings. The number of hydrogen-bond acceptors (Lipinski definition) is 3. The minimum atomic E-state index is -5.04. The molecule has 0 aliphatic carbocycles. The SMILES string of the molecule is O=C(/C=C/c1cccc([N+](=O)[O-])c1)Nc1cc(C(F)(F)F)cc(C(F)(F)F)c1. The van der Waals surface area contributed by atoms with Gasteiger partial charge in [0.25, 0.3) is 5.69 Å². The second-order valence-corrected chi connectivity index (χ2v) is 5.47. The van der Waals surface area contributed by atoms with Crippen molar-refractivity contribution in [2.75, 3.05) is 5.32 Å². The summed E-state index contributed by atoms with van der Waals surface area (Å²) in [7, 11) is 0. The monoisotopic (exact) mass is 404 g/mol. The average molecular weight is 404 g/mol. The van der Waals surface area contributed by atoms with Crippen molar-refractivity contribution >= 4 is 23.4 Å². The Kier molecular flexibility index (Phi) is 5.76. The molecule has 28 heavy (non-hydrogen) atoms. The van der Waals surface area contributed by atoms with Crippen LogP contribution in [0.5, 0.6) is 0 Å². The molecule has 0 spiro atoms. The molecule has 0 fully saturated rings. The van der Waals surface area contributed by atoms with Gasteiger partial charge < -0.3 is 5.32 Å². The molecule has 0 aliphatic rings. The number of anilines is 1. The number of benzene rings is 2. The second kappa shape index (κ2) is 7.71. The van der Waals surface area contributed by atoms with Gasteiger partial charge in [-0.3, -0.25) is 14.9 Å². The topological polar surface area (TPSA) is 72.2 Å². The Labute approximate surface area is 153 Å². The van der Waals surface area contributed by atoms with Crippen LogP contribution in [0.15, 0.2) is 48.5 Å². The highest BCUT2D eigenvalue weighted by Crippen LogP contribution is 2.37. The van der Waals surface area contributed by atoms with Crippen molar-refractivity contribution < 1.29 is 36.1 Å². The van der Waals surface area contributed by atoms with Gasteiger partial charge in [-0.1, -0.05) is 12.1 Å². The molecule has 1 N–H and O–H groups in total. The number of alkyl halides is 6. The highest BCUT2D eigenvalue weighted by Gasteiger charge is 2.37. The molecule has 0 aliphatic heterocycles. The van der Waals surface area contributed by atoms with Crippen molar-refractivity contribution in [2.45, 2.75) is 12.4 Å². The zero-order valence-corrected chi connectivity index (χ0v) is 13.6. The summed E-state index contributed by atoms with van der Waals surface area (Å²) in [6.45, 7) is 0.